The van der Waals surface area contributed by atoms with Gasteiger partial charge in [0.05, 0.1) is 29.3 Å². The fourth-order valence-electron chi connectivity index (χ4n) is 3.19. The van der Waals surface area contributed by atoms with Gasteiger partial charge in [0.15, 0.2) is 10.8 Å². The molecule has 0 radical (unpaired) electrons. The molecular formula is C16H18Cl2N4O5. The molecule has 0 spiro atoms. The van der Waals surface area contributed by atoms with E-state index in [-0.39, 0.29) is 40.3 Å². The maximum absolute atomic E-state index is 12.6. The maximum atomic E-state index is 12.6. The Labute approximate surface area is 165 Å². The molecule has 2 heterocycles. The molecule has 2 unspecified atom stereocenters. The number of carbonyl (C=O) groups is 1. The highest BCUT2D eigenvalue weighted by molar-refractivity contribution is 6.37. The highest BCUT2D eigenvalue weighted by atomic mass is 35.5. The molecule has 9 nitrogen and oxygen atoms in total. The number of halogens is 2. The number of rotatable bonds is 4. The number of nitro groups is 1. The van der Waals surface area contributed by atoms with Gasteiger partial charge in [0.2, 0.25) is 0 Å². The van der Waals surface area contributed by atoms with Crippen LogP contribution in [0.5, 0.6) is 5.75 Å². The lowest BCUT2D eigenvalue weighted by atomic mass is 10.1. The molecule has 1 amide bonds. The summed E-state index contributed by atoms with van der Waals surface area (Å²) >= 11 is 12.0. The van der Waals surface area contributed by atoms with Crippen LogP contribution in [0.4, 0.5) is 4.79 Å². The van der Waals surface area contributed by atoms with Crippen molar-refractivity contribution in [3.05, 3.63) is 38.4 Å². The number of ether oxygens (including phenoxy) is 2. The van der Waals surface area contributed by atoms with Gasteiger partial charge in [-0.05, 0) is 25.5 Å². The van der Waals surface area contributed by atoms with Crippen molar-refractivity contribution in [2.45, 2.75) is 19.4 Å². The van der Waals surface area contributed by atoms with E-state index in [0.29, 0.717) is 19.7 Å². The molecule has 0 N–H and O–H groups in total. The van der Waals surface area contributed by atoms with Gasteiger partial charge in [0, 0.05) is 19.0 Å². The summed E-state index contributed by atoms with van der Waals surface area (Å²) in [5.74, 6) is 0.154. The average Bonchev–Trinajstić information content (AvgIpc) is 3.18. The lowest BCUT2D eigenvalue weighted by Crippen LogP contribution is -2.41. The molecule has 27 heavy (non-hydrogen) atoms. The van der Waals surface area contributed by atoms with E-state index in [4.69, 9.17) is 32.7 Å². The Morgan fingerprint density at radius 3 is 2.70 bits per heavy atom. The molecule has 0 aliphatic carbocycles. The molecule has 2 saturated heterocycles. The molecule has 0 aromatic heterocycles. The summed E-state index contributed by atoms with van der Waals surface area (Å²) in [5, 5.41) is 13.9. The third-order valence-electron chi connectivity index (χ3n) is 4.38. The van der Waals surface area contributed by atoms with Gasteiger partial charge >= 0.3 is 6.09 Å². The van der Waals surface area contributed by atoms with Crippen LogP contribution >= 0.6 is 23.2 Å². The molecule has 2 fully saturated rings. The molecule has 2 aliphatic heterocycles. The summed E-state index contributed by atoms with van der Waals surface area (Å²) < 4.78 is 10.8. The summed E-state index contributed by atoms with van der Waals surface area (Å²) in [6, 6.07) is 4.67. The van der Waals surface area contributed by atoms with Crippen LogP contribution in [0.1, 0.15) is 13.3 Å². The number of hydrazone groups is 1. The number of guanidine groups is 1. The number of hydrogen-bond acceptors (Lipinski definition) is 5. The van der Waals surface area contributed by atoms with E-state index in [2.05, 4.69) is 5.10 Å². The molecule has 11 heteroatoms. The van der Waals surface area contributed by atoms with Crippen LogP contribution in [0.25, 0.3) is 0 Å². The van der Waals surface area contributed by atoms with Crippen molar-refractivity contribution in [1.29, 1.82) is 0 Å². The van der Waals surface area contributed by atoms with Gasteiger partial charge < -0.3 is 14.4 Å². The summed E-state index contributed by atoms with van der Waals surface area (Å²) in [5.41, 5.74) is 0. The highest BCUT2D eigenvalue weighted by Gasteiger charge is 2.38. The molecule has 3 rings (SSSR count). The number of amides is 1. The zero-order valence-electron chi connectivity index (χ0n) is 14.5. The van der Waals surface area contributed by atoms with Crippen molar-refractivity contribution < 1.29 is 19.3 Å². The van der Waals surface area contributed by atoms with Crippen LogP contribution in [-0.2, 0) is 4.74 Å². The van der Waals surface area contributed by atoms with Crippen molar-refractivity contribution in [3.8, 4) is 5.75 Å². The Bertz CT molecular complexity index is 755. The van der Waals surface area contributed by atoms with E-state index in [1.807, 2.05) is 6.92 Å². The van der Waals surface area contributed by atoms with Crippen LogP contribution in [0.2, 0.25) is 10.0 Å². The van der Waals surface area contributed by atoms with Gasteiger partial charge in [-0.3, -0.25) is 0 Å². The quantitative estimate of drug-likeness (QED) is 0.552. The van der Waals surface area contributed by atoms with Crippen molar-refractivity contribution in [1.82, 2.24) is 9.80 Å². The van der Waals surface area contributed by atoms with Crippen LogP contribution in [0.15, 0.2) is 23.3 Å². The third-order valence-corrected chi connectivity index (χ3v) is 4.97. The van der Waals surface area contributed by atoms with Crippen LogP contribution in [-0.4, -0.2) is 59.2 Å². The van der Waals surface area contributed by atoms with Crippen LogP contribution < -0.4 is 4.74 Å². The molecule has 2 aliphatic rings. The number of para-hydroxylation sites is 1. The van der Waals surface area contributed by atoms with Crippen LogP contribution in [0.3, 0.4) is 0 Å². The van der Waals surface area contributed by atoms with Crippen LogP contribution in [0, 0.1) is 16.0 Å². The lowest BCUT2D eigenvalue weighted by molar-refractivity contribution is -0.486. The predicted molar refractivity (Wildman–Crippen MR) is 98.7 cm³/mol. The Hall–Kier alpha value is -2.10. The second kappa shape index (κ2) is 8.28. The normalized spacial score (nSPS) is 23.9. The molecule has 1 aromatic rings. The Morgan fingerprint density at radius 1 is 1.41 bits per heavy atom. The fourth-order valence-corrected chi connectivity index (χ4v) is 3.67. The number of hydrogen-bond donors (Lipinski definition) is 0. The molecule has 0 bridgehead atoms. The maximum Gasteiger partial charge on any atom is 0.422 e. The molecular weight excluding hydrogens is 399 g/mol. The van der Waals surface area contributed by atoms with E-state index < -0.39 is 11.1 Å². The standard InChI is InChI=1S/C16H18Cl2N4O5/c1-10-7-11(9-26-10)8-20-5-6-21(15(20)19-22(24)25)16(23)27-14-12(17)3-2-4-13(14)18/h2-4,10-11H,5-9H2,1H3. The van der Waals surface area contributed by atoms with Crippen molar-refractivity contribution in [2.24, 2.45) is 11.0 Å². The first-order valence-electron chi connectivity index (χ1n) is 8.38. The first kappa shape index (κ1) is 19.7. The van der Waals surface area contributed by atoms with Gasteiger partial charge in [0.25, 0.3) is 5.96 Å². The summed E-state index contributed by atoms with van der Waals surface area (Å²) in [6.45, 7) is 3.67. The second-order valence-corrected chi connectivity index (χ2v) is 7.21. The van der Waals surface area contributed by atoms with E-state index in [1.165, 1.54) is 12.1 Å². The lowest BCUT2D eigenvalue weighted by Gasteiger charge is -2.21. The summed E-state index contributed by atoms with van der Waals surface area (Å²) in [4.78, 5) is 26.4. The third kappa shape index (κ3) is 4.60. The van der Waals surface area contributed by atoms with Gasteiger partial charge in [0.1, 0.15) is 5.10 Å². The topological polar surface area (TPSA) is 97.5 Å². The molecule has 2 atom stereocenters. The van der Waals surface area contributed by atoms with E-state index in [9.17, 15) is 14.9 Å². The molecule has 146 valence electrons. The Balaban J connectivity index is 1.75. The fraction of sp³-hybridized carbons (Fsp3) is 0.500. The smallest absolute Gasteiger partial charge is 0.407 e. The first-order valence-corrected chi connectivity index (χ1v) is 9.13. The van der Waals surface area contributed by atoms with Crippen molar-refractivity contribution in [2.75, 3.05) is 26.2 Å². The minimum absolute atomic E-state index is 0.00255. The van der Waals surface area contributed by atoms with Gasteiger partial charge in [-0.1, -0.05) is 29.3 Å². The SMILES string of the molecule is CC1CC(CN2CCN(C(=O)Oc3c(Cl)cccc3Cl)C2=N[N+](=O)[O-])CO1. The zero-order valence-corrected chi connectivity index (χ0v) is 16.0. The summed E-state index contributed by atoms with van der Waals surface area (Å²) in [6.07, 6.45) is 0.170. The summed E-state index contributed by atoms with van der Waals surface area (Å²) in [7, 11) is 0. The predicted octanol–water partition coefficient (Wildman–Crippen LogP) is 3.08. The van der Waals surface area contributed by atoms with Gasteiger partial charge in [-0.15, -0.1) is 0 Å². The van der Waals surface area contributed by atoms with E-state index in [0.717, 1.165) is 11.3 Å². The minimum atomic E-state index is -0.830. The van der Waals surface area contributed by atoms with Crippen molar-refractivity contribution in [3.63, 3.8) is 0 Å². The van der Waals surface area contributed by atoms with Gasteiger partial charge in [-0.25, -0.2) is 19.8 Å². The second-order valence-electron chi connectivity index (χ2n) is 6.40. The number of carbonyl (C=O) groups excluding carboxylic acids is 1. The largest absolute Gasteiger partial charge is 0.422 e. The Kier molecular flexibility index (Phi) is 6.03. The molecule has 0 saturated carbocycles. The monoisotopic (exact) mass is 416 g/mol. The molecule has 1 aromatic carbocycles. The Morgan fingerprint density at radius 2 is 2.11 bits per heavy atom. The van der Waals surface area contributed by atoms with E-state index in [1.54, 1.807) is 11.0 Å². The number of nitrogens with zero attached hydrogens (tertiary/aromatic N) is 4. The first-order chi connectivity index (χ1) is 12.8. The minimum Gasteiger partial charge on any atom is -0.407 e. The zero-order chi connectivity index (χ0) is 19.6. The van der Waals surface area contributed by atoms with E-state index >= 15 is 0 Å². The average molecular weight is 417 g/mol. The highest BCUT2D eigenvalue weighted by Crippen LogP contribution is 2.33. The van der Waals surface area contributed by atoms with Gasteiger partial charge in [-0.2, -0.15) is 0 Å². The number of benzene rings is 1. The van der Waals surface area contributed by atoms with Crippen molar-refractivity contribution >= 4 is 35.3 Å².